The molecule has 0 atom stereocenters. The molecule has 0 amide bonds. The zero-order chi connectivity index (χ0) is 19.1. The van der Waals surface area contributed by atoms with Gasteiger partial charge in [0.25, 0.3) is 0 Å². The lowest BCUT2D eigenvalue weighted by Crippen LogP contribution is -2.25. The lowest BCUT2D eigenvalue weighted by Gasteiger charge is -2.22. The number of methoxy groups -OCH3 is 2. The van der Waals surface area contributed by atoms with Crippen molar-refractivity contribution >= 4 is 29.4 Å². The molecule has 3 aromatic rings. The first-order chi connectivity index (χ1) is 13.2. The topological polar surface area (TPSA) is 47.7 Å². The van der Waals surface area contributed by atoms with Crippen LogP contribution in [-0.2, 0) is 19.5 Å². The van der Waals surface area contributed by atoms with Gasteiger partial charge in [0.2, 0.25) is 0 Å². The van der Waals surface area contributed by atoms with Crippen molar-refractivity contribution in [2.75, 3.05) is 26.5 Å². The van der Waals surface area contributed by atoms with E-state index >= 15 is 0 Å². The highest BCUT2D eigenvalue weighted by Gasteiger charge is 2.10. The molecule has 0 aliphatic rings. The maximum Gasteiger partial charge on any atom is 0.160 e. The number of nitrogen functional groups attached to an aromatic ring is 1. The van der Waals surface area contributed by atoms with E-state index in [1.54, 1.807) is 25.6 Å². The Bertz CT molecular complexity index is 856. The fourth-order valence-electron chi connectivity index (χ4n) is 3.13. The summed E-state index contributed by atoms with van der Waals surface area (Å²) in [5, 5.41) is 4.34. The van der Waals surface area contributed by atoms with Crippen molar-refractivity contribution in [2.45, 2.75) is 19.5 Å². The first-order valence-corrected chi connectivity index (χ1v) is 9.91. The SMILES string of the molecule is COc1ccc(CCN(Cc2ccsc2)Cc2cccc(N)c2)cc1OC.Cl. The number of rotatable bonds is 9. The Balaban J connectivity index is 0.00000280. The van der Waals surface area contributed by atoms with Crippen molar-refractivity contribution in [2.24, 2.45) is 0 Å². The van der Waals surface area contributed by atoms with Crippen molar-refractivity contribution in [3.63, 3.8) is 0 Å². The molecule has 1 aromatic heterocycles. The van der Waals surface area contributed by atoms with Gasteiger partial charge in [-0.15, -0.1) is 12.4 Å². The minimum Gasteiger partial charge on any atom is -0.493 e. The molecule has 2 aromatic carbocycles. The van der Waals surface area contributed by atoms with Gasteiger partial charge in [0.1, 0.15) is 0 Å². The summed E-state index contributed by atoms with van der Waals surface area (Å²) in [5.74, 6) is 1.53. The van der Waals surface area contributed by atoms with E-state index in [0.717, 1.165) is 43.2 Å². The average molecular weight is 419 g/mol. The van der Waals surface area contributed by atoms with Crippen molar-refractivity contribution in [1.82, 2.24) is 4.90 Å². The number of thiophene rings is 1. The van der Waals surface area contributed by atoms with Crippen LogP contribution in [0.25, 0.3) is 0 Å². The standard InChI is InChI=1S/C22H26N2O2S.ClH/c1-25-21-7-6-17(13-22(21)26-2)8-10-24(15-19-9-11-27-16-19)14-18-4-3-5-20(23)12-18;/h3-7,9,11-13,16H,8,10,14-15,23H2,1-2H3;1H. The van der Waals surface area contributed by atoms with Gasteiger partial charge in [-0.3, -0.25) is 4.90 Å². The number of benzene rings is 2. The zero-order valence-corrected chi connectivity index (χ0v) is 17.9. The second kappa shape index (κ2) is 11.0. The highest BCUT2D eigenvalue weighted by molar-refractivity contribution is 7.07. The van der Waals surface area contributed by atoms with Gasteiger partial charge in [-0.1, -0.05) is 18.2 Å². The molecule has 0 aliphatic carbocycles. The van der Waals surface area contributed by atoms with E-state index in [1.165, 1.54) is 16.7 Å². The van der Waals surface area contributed by atoms with E-state index in [4.69, 9.17) is 15.2 Å². The quantitative estimate of drug-likeness (QED) is 0.496. The molecule has 0 fully saturated rings. The molecule has 0 saturated heterocycles. The van der Waals surface area contributed by atoms with Crippen LogP contribution in [0.15, 0.2) is 59.3 Å². The van der Waals surface area contributed by atoms with E-state index in [-0.39, 0.29) is 12.4 Å². The normalized spacial score (nSPS) is 10.5. The Hall–Kier alpha value is -2.21. The predicted molar refractivity (Wildman–Crippen MR) is 120 cm³/mol. The lowest BCUT2D eigenvalue weighted by atomic mass is 10.1. The number of hydrogen-bond donors (Lipinski definition) is 1. The van der Waals surface area contributed by atoms with Crippen molar-refractivity contribution in [1.29, 1.82) is 0 Å². The number of anilines is 1. The number of nitrogens with two attached hydrogens (primary N) is 1. The Labute approximate surface area is 177 Å². The Kier molecular flexibility index (Phi) is 8.64. The second-order valence-corrected chi connectivity index (χ2v) is 7.31. The maximum absolute atomic E-state index is 5.95. The van der Waals surface area contributed by atoms with Crippen LogP contribution in [0.2, 0.25) is 0 Å². The third-order valence-corrected chi connectivity index (χ3v) is 5.24. The fourth-order valence-corrected chi connectivity index (χ4v) is 3.79. The molecule has 28 heavy (non-hydrogen) atoms. The number of nitrogens with zero attached hydrogens (tertiary/aromatic N) is 1. The molecule has 0 unspecified atom stereocenters. The summed E-state index contributed by atoms with van der Waals surface area (Å²) in [5.41, 5.74) is 10.6. The Morgan fingerprint density at radius 2 is 1.68 bits per heavy atom. The highest BCUT2D eigenvalue weighted by Crippen LogP contribution is 2.28. The monoisotopic (exact) mass is 418 g/mol. The molecule has 3 rings (SSSR count). The average Bonchev–Trinajstić information content (AvgIpc) is 3.19. The molecule has 1 heterocycles. The molecule has 0 aliphatic heterocycles. The molecule has 6 heteroatoms. The number of hydrogen-bond acceptors (Lipinski definition) is 5. The summed E-state index contributed by atoms with van der Waals surface area (Å²) in [6.07, 6.45) is 0.937. The van der Waals surface area contributed by atoms with E-state index < -0.39 is 0 Å². The Morgan fingerprint density at radius 1 is 0.893 bits per heavy atom. The van der Waals surface area contributed by atoms with E-state index in [0.29, 0.717) is 0 Å². The molecule has 2 N–H and O–H groups in total. The van der Waals surface area contributed by atoms with Crippen molar-refractivity contribution in [3.05, 3.63) is 76.0 Å². The van der Waals surface area contributed by atoms with Gasteiger partial charge in [0.15, 0.2) is 11.5 Å². The van der Waals surface area contributed by atoms with Crippen molar-refractivity contribution in [3.8, 4) is 11.5 Å². The molecule has 150 valence electrons. The van der Waals surface area contributed by atoms with Crippen LogP contribution in [0.4, 0.5) is 5.69 Å². The summed E-state index contributed by atoms with van der Waals surface area (Å²) < 4.78 is 10.8. The van der Waals surface area contributed by atoms with Crippen LogP contribution >= 0.6 is 23.7 Å². The molecule has 0 bridgehead atoms. The third-order valence-electron chi connectivity index (χ3n) is 4.51. The van der Waals surface area contributed by atoms with Gasteiger partial charge in [-0.25, -0.2) is 0 Å². The van der Waals surface area contributed by atoms with Gasteiger partial charge in [-0.2, -0.15) is 11.3 Å². The summed E-state index contributed by atoms with van der Waals surface area (Å²) in [4.78, 5) is 2.45. The van der Waals surface area contributed by atoms with Crippen LogP contribution in [0.5, 0.6) is 11.5 Å². The van der Waals surface area contributed by atoms with Gasteiger partial charge in [0.05, 0.1) is 14.2 Å². The minimum absolute atomic E-state index is 0. The smallest absolute Gasteiger partial charge is 0.160 e. The molecule has 4 nitrogen and oxygen atoms in total. The molecule has 0 saturated carbocycles. The first kappa shape index (κ1) is 22.1. The zero-order valence-electron chi connectivity index (χ0n) is 16.3. The number of halogens is 1. The van der Waals surface area contributed by atoms with Gasteiger partial charge in [0, 0.05) is 25.3 Å². The van der Waals surface area contributed by atoms with Gasteiger partial charge >= 0.3 is 0 Å². The van der Waals surface area contributed by atoms with Gasteiger partial charge < -0.3 is 15.2 Å². The van der Waals surface area contributed by atoms with Crippen molar-refractivity contribution < 1.29 is 9.47 Å². The first-order valence-electron chi connectivity index (χ1n) is 8.96. The Morgan fingerprint density at radius 3 is 2.36 bits per heavy atom. The van der Waals surface area contributed by atoms with E-state index in [9.17, 15) is 0 Å². The van der Waals surface area contributed by atoms with Crippen LogP contribution in [0, 0.1) is 0 Å². The van der Waals surface area contributed by atoms with Crippen LogP contribution < -0.4 is 15.2 Å². The highest BCUT2D eigenvalue weighted by atomic mass is 35.5. The van der Waals surface area contributed by atoms with Gasteiger partial charge in [-0.05, 0) is 64.2 Å². The summed E-state index contributed by atoms with van der Waals surface area (Å²) in [6.45, 7) is 2.74. The largest absolute Gasteiger partial charge is 0.493 e. The number of ether oxygens (including phenoxy) is 2. The second-order valence-electron chi connectivity index (χ2n) is 6.53. The van der Waals surface area contributed by atoms with E-state index in [2.05, 4.69) is 46.0 Å². The lowest BCUT2D eigenvalue weighted by molar-refractivity contribution is 0.260. The third kappa shape index (κ3) is 6.16. The van der Waals surface area contributed by atoms with Crippen LogP contribution in [0.1, 0.15) is 16.7 Å². The molecular formula is C22H27ClN2O2S. The molecular weight excluding hydrogens is 392 g/mol. The van der Waals surface area contributed by atoms with Crippen LogP contribution in [-0.4, -0.2) is 25.7 Å². The summed E-state index contributed by atoms with van der Waals surface area (Å²) in [7, 11) is 3.33. The summed E-state index contributed by atoms with van der Waals surface area (Å²) in [6, 6.07) is 16.4. The molecule has 0 radical (unpaired) electrons. The maximum atomic E-state index is 5.95. The fraction of sp³-hybridized carbons (Fsp3) is 0.273. The molecule has 0 spiro atoms. The minimum atomic E-state index is 0. The van der Waals surface area contributed by atoms with E-state index in [1.807, 2.05) is 18.2 Å². The van der Waals surface area contributed by atoms with Crippen LogP contribution in [0.3, 0.4) is 0 Å². The predicted octanol–water partition coefficient (Wildman–Crippen LogP) is 5.01. The summed E-state index contributed by atoms with van der Waals surface area (Å²) >= 11 is 1.74.